The van der Waals surface area contributed by atoms with Crippen LogP contribution in [0.4, 0.5) is 18.9 Å². The Morgan fingerprint density at radius 2 is 1.85 bits per heavy atom. The fourth-order valence-corrected chi connectivity index (χ4v) is 2.47. The normalized spacial score (nSPS) is 17.5. The number of alkyl halides is 3. The minimum Gasteiger partial charge on any atom is -0.394 e. The van der Waals surface area contributed by atoms with Crippen LogP contribution >= 0.6 is 0 Å². The molecule has 3 nitrogen and oxygen atoms in total. The Bertz CT molecular complexity index is 429. The molecule has 1 fully saturated rings. The number of benzene rings is 1. The fraction of sp³-hybridized carbons (Fsp3) is 0.571. The van der Waals surface area contributed by atoms with E-state index in [0.29, 0.717) is 25.9 Å². The standard InChI is InChI=1S/C14H18F3NO2/c15-14(16,17)12-3-1-2-4-13(12)18-7-5-11(6-8-18)20-10-9-19/h1-4,11,19H,5-10H2. The first-order valence-electron chi connectivity index (χ1n) is 6.66. The number of hydrogen-bond acceptors (Lipinski definition) is 3. The molecule has 2 rings (SSSR count). The third kappa shape index (κ3) is 3.64. The molecule has 0 spiro atoms. The third-order valence-electron chi connectivity index (χ3n) is 3.44. The lowest BCUT2D eigenvalue weighted by Crippen LogP contribution is -2.38. The zero-order valence-corrected chi connectivity index (χ0v) is 11.1. The molecule has 0 saturated carbocycles. The molecular formula is C14H18F3NO2. The Morgan fingerprint density at radius 1 is 1.20 bits per heavy atom. The van der Waals surface area contributed by atoms with Crippen LogP contribution in [0.15, 0.2) is 24.3 Å². The minimum absolute atomic E-state index is 0.0245. The van der Waals surface area contributed by atoms with E-state index in [9.17, 15) is 13.2 Å². The van der Waals surface area contributed by atoms with Gasteiger partial charge in [0.2, 0.25) is 0 Å². The molecular weight excluding hydrogens is 271 g/mol. The van der Waals surface area contributed by atoms with Gasteiger partial charge < -0.3 is 14.7 Å². The maximum atomic E-state index is 13.0. The van der Waals surface area contributed by atoms with Gasteiger partial charge in [0.25, 0.3) is 0 Å². The van der Waals surface area contributed by atoms with Crippen molar-refractivity contribution in [1.29, 1.82) is 0 Å². The lowest BCUT2D eigenvalue weighted by molar-refractivity contribution is -0.137. The number of anilines is 1. The summed E-state index contributed by atoms with van der Waals surface area (Å²) in [6.07, 6.45) is -2.96. The molecule has 1 aliphatic heterocycles. The Balaban J connectivity index is 2.04. The van der Waals surface area contributed by atoms with Gasteiger partial charge in [0.1, 0.15) is 0 Å². The molecule has 0 amide bonds. The van der Waals surface area contributed by atoms with Gasteiger partial charge in [0.05, 0.1) is 24.9 Å². The van der Waals surface area contributed by atoms with Gasteiger partial charge in [-0.25, -0.2) is 0 Å². The summed E-state index contributed by atoms with van der Waals surface area (Å²) in [6.45, 7) is 1.31. The molecule has 20 heavy (non-hydrogen) atoms. The molecule has 1 N–H and O–H groups in total. The predicted octanol–water partition coefficient (Wildman–Crippen LogP) is 2.68. The number of para-hydroxylation sites is 1. The molecule has 1 aliphatic rings. The number of rotatable bonds is 4. The van der Waals surface area contributed by atoms with Crippen LogP contribution in [-0.4, -0.2) is 37.5 Å². The highest BCUT2D eigenvalue weighted by atomic mass is 19.4. The smallest absolute Gasteiger partial charge is 0.394 e. The molecule has 112 valence electrons. The van der Waals surface area contributed by atoms with Crippen LogP contribution in [0.25, 0.3) is 0 Å². The number of piperidine rings is 1. The van der Waals surface area contributed by atoms with Gasteiger partial charge in [-0.05, 0) is 25.0 Å². The second-order valence-corrected chi connectivity index (χ2v) is 4.80. The van der Waals surface area contributed by atoms with Crippen molar-refractivity contribution in [2.75, 3.05) is 31.2 Å². The van der Waals surface area contributed by atoms with Gasteiger partial charge in [-0.2, -0.15) is 13.2 Å². The quantitative estimate of drug-likeness (QED) is 0.925. The molecule has 0 aromatic heterocycles. The molecule has 1 heterocycles. The van der Waals surface area contributed by atoms with E-state index in [0.717, 1.165) is 6.07 Å². The average Bonchev–Trinajstić information content (AvgIpc) is 2.45. The van der Waals surface area contributed by atoms with Gasteiger partial charge in [-0.3, -0.25) is 0 Å². The lowest BCUT2D eigenvalue weighted by atomic mass is 10.0. The van der Waals surface area contributed by atoms with Crippen molar-refractivity contribution in [3.63, 3.8) is 0 Å². The average molecular weight is 289 g/mol. The van der Waals surface area contributed by atoms with Gasteiger partial charge in [-0.15, -0.1) is 0 Å². The monoisotopic (exact) mass is 289 g/mol. The van der Waals surface area contributed by atoms with Crippen molar-refractivity contribution in [1.82, 2.24) is 0 Å². The summed E-state index contributed by atoms with van der Waals surface area (Å²) in [5.74, 6) is 0. The van der Waals surface area contributed by atoms with Crippen LogP contribution in [0.3, 0.4) is 0 Å². The van der Waals surface area contributed by atoms with Crippen molar-refractivity contribution in [3.8, 4) is 0 Å². The van der Waals surface area contributed by atoms with E-state index in [1.807, 2.05) is 0 Å². The molecule has 1 aromatic rings. The van der Waals surface area contributed by atoms with Crippen molar-refractivity contribution in [3.05, 3.63) is 29.8 Å². The van der Waals surface area contributed by atoms with E-state index in [4.69, 9.17) is 9.84 Å². The van der Waals surface area contributed by atoms with Crippen LogP contribution in [0, 0.1) is 0 Å². The number of halogens is 3. The highest BCUT2D eigenvalue weighted by molar-refractivity contribution is 5.55. The molecule has 0 bridgehead atoms. The van der Waals surface area contributed by atoms with Crippen molar-refractivity contribution >= 4 is 5.69 Å². The van der Waals surface area contributed by atoms with Crippen molar-refractivity contribution in [2.24, 2.45) is 0 Å². The first-order valence-corrected chi connectivity index (χ1v) is 6.66. The van der Waals surface area contributed by atoms with Gasteiger partial charge in [-0.1, -0.05) is 12.1 Å². The minimum atomic E-state index is -4.33. The summed E-state index contributed by atoms with van der Waals surface area (Å²) in [5, 5.41) is 8.69. The van der Waals surface area contributed by atoms with E-state index >= 15 is 0 Å². The topological polar surface area (TPSA) is 32.7 Å². The molecule has 0 aliphatic carbocycles. The number of nitrogens with zero attached hydrogens (tertiary/aromatic N) is 1. The highest BCUT2D eigenvalue weighted by Gasteiger charge is 2.35. The second-order valence-electron chi connectivity index (χ2n) is 4.80. The number of hydrogen-bond donors (Lipinski definition) is 1. The SMILES string of the molecule is OCCOC1CCN(c2ccccc2C(F)(F)F)CC1. The van der Waals surface area contributed by atoms with Crippen molar-refractivity contribution < 1.29 is 23.0 Å². The van der Waals surface area contributed by atoms with E-state index in [-0.39, 0.29) is 25.0 Å². The van der Waals surface area contributed by atoms with Crippen LogP contribution in [0.2, 0.25) is 0 Å². The number of aliphatic hydroxyl groups excluding tert-OH is 1. The van der Waals surface area contributed by atoms with E-state index in [2.05, 4.69) is 0 Å². The summed E-state index contributed by atoms with van der Waals surface area (Å²) >= 11 is 0. The van der Waals surface area contributed by atoms with Gasteiger partial charge in [0.15, 0.2) is 0 Å². The predicted molar refractivity (Wildman–Crippen MR) is 69.7 cm³/mol. The van der Waals surface area contributed by atoms with Gasteiger partial charge >= 0.3 is 6.18 Å². The summed E-state index contributed by atoms with van der Waals surface area (Å²) in [5.41, 5.74) is -0.352. The fourth-order valence-electron chi connectivity index (χ4n) is 2.47. The number of ether oxygens (including phenoxy) is 1. The maximum absolute atomic E-state index is 13.0. The first-order chi connectivity index (χ1) is 9.52. The molecule has 0 unspecified atom stereocenters. The van der Waals surface area contributed by atoms with Crippen LogP contribution in [0.5, 0.6) is 0 Å². The number of aliphatic hydroxyl groups is 1. The lowest BCUT2D eigenvalue weighted by Gasteiger charge is -2.34. The Labute approximate surface area is 116 Å². The van der Waals surface area contributed by atoms with Crippen molar-refractivity contribution in [2.45, 2.75) is 25.1 Å². The Kier molecular flexibility index (Phi) is 4.88. The zero-order valence-electron chi connectivity index (χ0n) is 11.1. The maximum Gasteiger partial charge on any atom is 0.418 e. The van der Waals surface area contributed by atoms with E-state index in [1.165, 1.54) is 12.1 Å². The summed E-state index contributed by atoms with van der Waals surface area (Å²) in [6, 6.07) is 5.66. The van der Waals surface area contributed by atoms with Crippen LogP contribution in [0.1, 0.15) is 18.4 Å². The molecule has 6 heteroatoms. The molecule has 1 saturated heterocycles. The van der Waals surface area contributed by atoms with E-state index < -0.39 is 11.7 Å². The third-order valence-corrected chi connectivity index (χ3v) is 3.44. The highest BCUT2D eigenvalue weighted by Crippen LogP contribution is 2.37. The van der Waals surface area contributed by atoms with Crippen LogP contribution in [-0.2, 0) is 10.9 Å². The van der Waals surface area contributed by atoms with E-state index in [1.54, 1.807) is 11.0 Å². The molecule has 1 aromatic carbocycles. The second kappa shape index (κ2) is 6.45. The summed E-state index contributed by atoms with van der Waals surface area (Å²) in [4.78, 5) is 1.75. The first kappa shape index (κ1) is 15.1. The van der Waals surface area contributed by atoms with Gasteiger partial charge in [0, 0.05) is 18.8 Å². The summed E-state index contributed by atoms with van der Waals surface area (Å²) in [7, 11) is 0. The Morgan fingerprint density at radius 3 is 2.45 bits per heavy atom. The Hall–Kier alpha value is -1.27. The van der Waals surface area contributed by atoms with Crippen LogP contribution < -0.4 is 4.90 Å². The molecule has 0 radical (unpaired) electrons. The zero-order chi connectivity index (χ0) is 14.6. The molecule has 0 atom stereocenters. The summed E-state index contributed by atoms with van der Waals surface area (Å²) < 4.78 is 44.3. The largest absolute Gasteiger partial charge is 0.418 e.